The molecule has 0 aliphatic heterocycles. The molecule has 1 heterocycles. The molecule has 1 aromatic heterocycles. The van der Waals surface area contributed by atoms with E-state index in [-0.39, 0.29) is 17.3 Å². The summed E-state index contributed by atoms with van der Waals surface area (Å²) in [4.78, 5) is 27.0. The van der Waals surface area contributed by atoms with Crippen molar-refractivity contribution in [2.75, 3.05) is 0 Å². The summed E-state index contributed by atoms with van der Waals surface area (Å²) < 4.78 is 4.39. The predicted molar refractivity (Wildman–Crippen MR) is 107 cm³/mol. The Bertz CT molecular complexity index is 1090. The van der Waals surface area contributed by atoms with Gasteiger partial charge in [0.15, 0.2) is 5.78 Å². The van der Waals surface area contributed by atoms with Gasteiger partial charge in [-0.3, -0.25) is 9.59 Å². The molecule has 3 aromatic carbocycles. The normalized spacial score (nSPS) is 10.5. The van der Waals surface area contributed by atoms with E-state index in [0.29, 0.717) is 21.6 Å². The molecule has 4 aromatic rings. The first-order valence-corrected chi connectivity index (χ1v) is 9.27. The topological polar surface area (TPSA) is 47.0 Å². The molecule has 4 rings (SSSR count). The Kier molecular flexibility index (Phi) is 4.73. The Hall–Kier alpha value is -3.37. The highest BCUT2D eigenvalue weighted by molar-refractivity contribution is 7.10. The fourth-order valence-corrected chi connectivity index (χ4v) is 3.78. The number of benzene rings is 3. The number of carbonyl (C=O) groups is 2. The van der Waals surface area contributed by atoms with E-state index in [2.05, 4.69) is 4.37 Å². The van der Waals surface area contributed by atoms with Crippen LogP contribution in [0, 0.1) is 0 Å². The maximum Gasteiger partial charge on any atom is 0.213 e. The van der Waals surface area contributed by atoms with Crippen LogP contribution < -0.4 is 0 Å². The van der Waals surface area contributed by atoms with Gasteiger partial charge in [-0.15, -0.1) is 0 Å². The fourth-order valence-electron chi connectivity index (χ4n) is 2.90. The lowest BCUT2D eigenvalue weighted by atomic mass is 9.95. The van der Waals surface area contributed by atoms with Crippen molar-refractivity contribution in [2.45, 2.75) is 0 Å². The average Bonchev–Trinajstić information content (AvgIpc) is 3.19. The van der Waals surface area contributed by atoms with Crippen molar-refractivity contribution >= 4 is 23.1 Å². The van der Waals surface area contributed by atoms with Crippen molar-refractivity contribution in [1.29, 1.82) is 0 Å². The third kappa shape index (κ3) is 3.35. The van der Waals surface area contributed by atoms with Gasteiger partial charge in [-0.25, -0.2) is 0 Å². The number of nitrogens with zero attached hydrogens (tertiary/aromatic N) is 1. The molecule has 27 heavy (non-hydrogen) atoms. The maximum absolute atomic E-state index is 13.3. The molecule has 0 unspecified atom stereocenters. The van der Waals surface area contributed by atoms with E-state index < -0.39 is 0 Å². The van der Waals surface area contributed by atoms with Gasteiger partial charge < -0.3 is 0 Å². The van der Waals surface area contributed by atoms with Crippen molar-refractivity contribution in [3.05, 3.63) is 113 Å². The smallest absolute Gasteiger partial charge is 0.213 e. The second-order valence-corrected chi connectivity index (χ2v) is 6.77. The number of hydrogen-bond donors (Lipinski definition) is 0. The van der Waals surface area contributed by atoms with Crippen LogP contribution >= 0.6 is 11.5 Å². The summed E-state index contributed by atoms with van der Waals surface area (Å²) in [5, 5.41) is 0. The molecule has 0 spiro atoms. The van der Waals surface area contributed by atoms with E-state index in [4.69, 9.17) is 0 Å². The van der Waals surface area contributed by atoms with E-state index in [1.807, 2.05) is 54.6 Å². The Balaban J connectivity index is 1.89. The summed E-state index contributed by atoms with van der Waals surface area (Å²) in [6, 6.07) is 27.5. The molecule has 0 aliphatic carbocycles. The second-order valence-electron chi connectivity index (χ2n) is 5.99. The van der Waals surface area contributed by atoms with E-state index in [1.165, 1.54) is 11.5 Å². The minimum atomic E-state index is -0.242. The SMILES string of the molecule is O=C(c1ccccc1)c1nsc(-c2ccccc2)c1C(=O)c1ccccc1. The molecular formula is C23H15NO2S. The first kappa shape index (κ1) is 17.1. The van der Waals surface area contributed by atoms with Gasteiger partial charge in [-0.1, -0.05) is 91.0 Å². The van der Waals surface area contributed by atoms with Crippen molar-refractivity contribution in [2.24, 2.45) is 0 Å². The van der Waals surface area contributed by atoms with E-state index >= 15 is 0 Å². The summed E-state index contributed by atoms with van der Waals surface area (Å²) in [6.45, 7) is 0. The molecule has 0 amide bonds. The van der Waals surface area contributed by atoms with Crippen LogP contribution in [0.1, 0.15) is 32.0 Å². The number of hydrogen-bond acceptors (Lipinski definition) is 4. The zero-order valence-corrected chi connectivity index (χ0v) is 15.1. The van der Waals surface area contributed by atoms with Crippen molar-refractivity contribution in [3.63, 3.8) is 0 Å². The van der Waals surface area contributed by atoms with Gasteiger partial charge in [-0.05, 0) is 17.1 Å². The fraction of sp³-hybridized carbons (Fsp3) is 0. The molecular weight excluding hydrogens is 354 g/mol. The maximum atomic E-state index is 13.3. The van der Waals surface area contributed by atoms with Crippen LogP contribution in [0.2, 0.25) is 0 Å². The monoisotopic (exact) mass is 369 g/mol. The standard InChI is InChI=1S/C23H15NO2S/c25-21(16-10-4-1-5-11-16)19-20(22(26)17-12-6-2-7-13-17)24-27-23(19)18-14-8-3-9-15-18/h1-15H. The summed E-state index contributed by atoms with van der Waals surface area (Å²) in [7, 11) is 0. The van der Waals surface area contributed by atoms with Gasteiger partial charge in [-0.2, -0.15) is 4.37 Å². The molecule has 3 nitrogen and oxygen atoms in total. The molecule has 0 bridgehead atoms. The van der Waals surface area contributed by atoms with Crippen LogP contribution in [0.15, 0.2) is 91.0 Å². The van der Waals surface area contributed by atoms with Crippen LogP contribution in [0.5, 0.6) is 0 Å². The third-order valence-corrected chi connectivity index (χ3v) is 5.14. The molecule has 0 radical (unpaired) electrons. The van der Waals surface area contributed by atoms with Gasteiger partial charge in [0.05, 0.1) is 10.4 Å². The lowest BCUT2D eigenvalue weighted by Crippen LogP contribution is -2.11. The molecule has 0 saturated heterocycles. The molecule has 0 fully saturated rings. The minimum absolute atomic E-state index is 0.192. The van der Waals surface area contributed by atoms with Gasteiger partial charge in [0.1, 0.15) is 5.69 Å². The number of ketones is 2. The summed E-state index contributed by atoms with van der Waals surface area (Å²) in [5.74, 6) is -0.434. The van der Waals surface area contributed by atoms with E-state index in [1.54, 1.807) is 36.4 Å². The Labute approximate surface area is 161 Å². The minimum Gasteiger partial charge on any atom is -0.288 e. The zero-order valence-electron chi connectivity index (χ0n) is 14.3. The summed E-state index contributed by atoms with van der Waals surface area (Å²) in [5.41, 5.74) is 2.51. The molecule has 130 valence electrons. The Morgan fingerprint density at radius 3 is 1.67 bits per heavy atom. The van der Waals surface area contributed by atoms with Crippen LogP contribution in [0.3, 0.4) is 0 Å². The molecule has 4 heteroatoms. The number of carbonyl (C=O) groups excluding carboxylic acids is 2. The van der Waals surface area contributed by atoms with Crippen molar-refractivity contribution in [3.8, 4) is 10.4 Å². The molecule has 0 aliphatic rings. The van der Waals surface area contributed by atoms with Crippen LogP contribution in [0.4, 0.5) is 0 Å². The number of rotatable bonds is 5. The second kappa shape index (κ2) is 7.48. The van der Waals surface area contributed by atoms with Crippen molar-refractivity contribution in [1.82, 2.24) is 4.37 Å². The predicted octanol–water partition coefficient (Wildman–Crippen LogP) is 5.27. The van der Waals surface area contributed by atoms with Crippen LogP contribution in [-0.4, -0.2) is 15.9 Å². The first-order valence-electron chi connectivity index (χ1n) is 8.50. The van der Waals surface area contributed by atoms with Crippen molar-refractivity contribution < 1.29 is 9.59 Å². The lowest BCUT2D eigenvalue weighted by molar-refractivity contribution is 0.100. The highest BCUT2D eigenvalue weighted by atomic mass is 32.1. The zero-order chi connectivity index (χ0) is 18.6. The van der Waals surface area contributed by atoms with Gasteiger partial charge >= 0.3 is 0 Å². The summed E-state index contributed by atoms with van der Waals surface area (Å²) in [6.07, 6.45) is 0. The molecule has 0 atom stereocenters. The van der Waals surface area contributed by atoms with E-state index in [0.717, 1.165) is 5.56 Å². The highest BCUT2D eigenvalue weighted by Gasteiger charge is 2.27. The largest absolute Gasteiger partial charge is 0.288 e. The molecule has 0 saturated carbocycles. The summed E-state index contributed by atoms with van der Waals surface area (Å²) >= 11 is 1.18. The van der Waals surface area contributed by atoms with Gasteiger partial charge in [0, 0.05) is 11.1 Å². The average molecular weight is 369 g/mol. The molecule has 0 N–H and O–H groups in total. The van der Waals surface area contributed by atoms with Gasteiger partial charge in [0.2, 0.25) is 5.78 Å². The quantitative estimate of drug-likeness (QED) is 0.450. The Morgan fingerprint density at radius 2 is 1.11 bits per heavy atom. The van der Waals surface area contributed by atoms with Crippen LogP contribution in [0.25, 0.3) is 10.4 Å². The Morgan fingerprint density at radius 1 is 0.630 bits per heavy atom. The lowest BCUT2D eigenvalue weighted by Gasteiger charge is -2.06. The first-order chi connectivity index (χ1) is 13.3. The highest BCUT2D eigenvalue weighted by Crippen LogP contribution is 2.33. The number of aromatic nitrogens is 1. The third-order valence-electron chi connectivity index (χ3n) is 4.24. The van der Waals surface area contributed by atoms with Crippen LogP contribution in [-0.2, 0) is 0 Å². The van der Waals surface area contributed by atoms with Gasteiger partial charge in [0.25, 0.3) is 0 Å². The van der Waals surface area contributed by atoms with E-state index in [9.17, 15) is 9.59 Å².